The number of carboxylic acid groups (broad SMARTS) is 1. The molecule has 0 unspecified atom stereocenters. The molecule has 126 valence electrons. The van der Waals surface area contributed by atoms with Gasteiger partial charge in [0.2, 0.25) is 0 Å². The van der Waals surface area contributed by atoms with Crippen LogP contribution in [0.15, 0.2) is 18.2 Å². The molecule has 1 amide bonds. The minimum atomic E-state index is -0.713. The fourth-order valence-corrected chi connectivity index (χ4v) is 2.93. The molecule has 23 heavy (non-hydrogen) atoms. The van der Waals surface area contributed by atoms with Gasteiger partial charge in [-0.05, 0) is 43.7 Å². The van der Waals surface area contributed by atoms with Crippen molar-refractivity contribution in [2.24, 2.45) is 11.8 Å². The van der Waals surface area contributed by atoms with Crippen LogP contribution in [0.25, 0.3) is 0 Å². The summed E-state index contributed by atoms with van der Waals surface area (Å²) >= 11 is 0. The van der Waals surface area contributed by atoms with Crippen LogP contribution in [0.3, 0.4) is 0 Å². The van der Waals surface area contributed by atoms with Crippen LogP contribution >= 0.6 is 0 Å². The van der Waals surface area contributed by atoms with Gasteiger partial charge in [-0.3, -0.25) is 9.59 Å². The Labute approximate surface area is 135 Å². The molecular formula is C17H23NO5. The van der Waals surface area contributed by atoms with E-state index < -0.39 is 5.97 Å². The van der Waals surface area contributed by atoms with Gasteiger partial charge in [0.25, 0.3) is 5.91 Å². The van der Waals surface area contributed by atoms with Crippen molar-refractivity contribution in [3.05, 3.63) is 23.8 Å². The van der Waals surface area contributed by atoms with Crippen LogP contribution < -0.4 is 14.8 Å². The maximum Gasteiger partial charge on any atom is 0.306 e. The number of carbonyl (C=O) groups is 2. The number of ether oxygens (including phenoxy) is 2. The van der Waals surface area contributed by atoms with E-state index in [0.717, 1.165) is 12.8 Å². The summed E-state index contributed by atoms with van der Waals surface area (Å²) in [6.45, 7) is 0.556. The van der Waals surface area contributed by atoms with E-state index >= 15 is 0 Å². The van der Waals surface area contributed by atoms with Crippen LogP contribution in [0.2, 0.25) is 0 Å². The Morgan fingerprint density at radius 3 is 2.43 bits per heavy atom. The summed E-state index contributed by atoms with van der Waals surface area (Å²) in [5.41, 5.74) is 0.465. The summed E-state index contributed by atoms with van der Waals surface area (Å²) in [6.07, 6.45) is 3.03. The second-order valence-corrected chi connectivity index (χ2v) is 5.83. The van der Waals surface area contributed by atoms with E-state index in [1.165, 1.54) is 7.11 Å². The van der Waals surface area contributed by atoms with E-state index in [-0.39, 0.29) is 11.8 Å². The SMILES string of the molecule is COc1ccc(C(=O)NCC2CCC(C(=O)O)CC2)c(OC)c1. The molecule has 1 aliphatic carbocycles. The highest BCUT2D eigenvalue weighted by Gasteiger charge is 2.26. The molecule has 1 aliphatic rings. The topological polar surface area (TPSA) is 84.9 Å². The van der Waals surface area contributed by atoms with Crippen molar-refractivity contribution in [1.82, 2.24) is 5.32 Å². The third-order valence-corrected chi connectivity index (χ3v) is 4.40. The number of carbonyl (C=O) groups excluding carboxylic acids is 1. The van der Waals surface area contributed by atoms with Crippen molar-refractivity contribution < 1.29 is 24.2 Å². The fourth-order valence-electron chi connectivity index (χ4n) is 2.93. The van der Waals surface area contributed by atoms with E-state index in [1.807, 2.05) is 0 Å². The zero-order chi connectivity index (χ0) is 16.8. The molecule has 1 aromatic carbocycles. The standard InChI is InChI=1S/C17H23NO5/c1-22-13-7-8-14(15(9-13)23-2)16(19)18-10-11-3-5-12(6-4-11)17(20)21/h7-9,11-12H,3-6,10H2,1-2H3,(H,18,19)(H,20,21). The van der Waals surface area contributed by atoms with Crippen molar-refractivity contribution in [3.8, 4) is 11.5 Å². The summed E-state index contributed by atoms with van der Waals surface area (Å²) in [4.78, 5) is 23.3. The number of hydrogen-bond acceptors (Lipinski definition) is 4. The molecule has 0 bridgehead atoms. The smallest absolute Gasteiger partial charge is 0.306 e. The highest BCUT2D eigenvalue weighted by atomic mass is 16.5. The molecule has 0 aromatic heterocycles. The molecule has 0 aliphatic heterocycles. The largest absolute Gasteiger partial charge is 0.497 e. The average molecular weight is 321 g/mol. The van der Waals surface area contributed by atoms with Crippen molar-refractivity contribution in [2.45, 2.75) is 25.7 Å². The zero-order valence-electron chi connectivity index (χ0n) is 13.5. The second-order valence-electron chi connectivity index (χ2n) is 5.83. The minimum absolute atomic E-state index is 0.190. The molecule has 2 rings (SSSR count). The molecule has 1 aromatic rings. The van der Waals surface area contributed by atoms with Gasteiger partial charge < -0.3 is 19.9 Å². The fraction of sp³-hybridized carbons (Fsp3) is 0.529. The Hall–Kier alpha value is -2.24. The predicted molar refractivity (Wildman–Crippen MR) is 85.0 cm³/mol. The van der Waals surface area contributed by atoms with Gasteiger partial charge in [-0.1, -0.05) is 0 Å². The number of aliphatic carboxylic acids is 1. The van der Waals surface area contributed by atoms with Crippen LogP contribution in [0.4, 0.5) is 0 Å². The monoisotopic (exact) mass is 321 g/mol. The number of nitrogens with one attached hydrogen (secondary N) is 1. The number of benzene rings is 1. The van der Waals surface area contributed by atoms with Gasteiger partial charge >= 0.3 is 5.97 Å². The number of amides is 1. The number of rotatable bonds is 6. The van der Waals surface area contributed by atoms with Crippen molar-refractivity contribution in [3.63, 3.8) is 0 Å². The lowest BCUT2D eigenvalue weighted by Gasteiger charge is -2.26. The van der Waals surface area contributed by atoms with Crippen LogP contribution in [-0.2, 0) is 4.79 Å². The van der Waals surface area contributed by atoms with E-state index in [4.69, 9.17) is 14.6 Å². The first kappa shape index (κ1) is 17.1. The predicted octanol–water partition coefficient (Wildman–Crippen LogP) is 2.32. The quantitative estimate of drug-likeness (QED) is 0.840. The van der Waals surface area contributed by atoms with Gasteiger partial charge in [0, 0.05) is 12.6 Å². The molecule has 0 saturated heterocycles. The molecule has 6 heteroatoms. The number of hydrogen-bond donors (Lipinski definition) is 2. The van der Waals surface area contributed by atoms with Crippen LogP contribution in [0, 0.1) is 11.8 Å². The first-order valence-corrected chi connectivity index (χ1v) is 7.78. The second kappa shape index (κ2) is 7.85. The maximum absolute atomic E-state index is 12.3. The molecule has 6 nitrogen and oxygen atoms in total. The zero-order valence-corrected chi connectivity index (χ0v) is 13.5. The Bertz CT molecular complexity index is 564. The number of carboxylic acids is 1. The summed E-state index contributed by atoms with van der Waals surface area (Å²) in [5, 5.41) is 11.9. The normalized spacial score (nSPS) is 20.6. The first-order valence-electron chi connectivity index (χ1n) is 7.78. The molecule has 2 N–H and O–H groups in total. The Kier molecular flexibility index (Phi) is 5.84. The molecule has 1 saturated carbocycles. The third-order valence-electron chi connectivity index (χ3n) is 4.40. The van der Waals surface area contributed by atoms with Gasteiger partial charge in [0.1, 0.15) is 11.5 Å². The maximum atomic E-state index is 12.3. The van der Waals surface area contributed by atoms with E-state index in [1.54, 1.807) is 25.3 Å². The van der Waals surface area contributed by atoms with E-state index in [9.17, 15) is 9.59 Å². The Morgan fingerprint density at radius 2 is 1.87 bits per heavy atom. The van der Waals surface area contributed by atoms with Gasteiger partial charge in [-0.2, -0.15) is 0 Å². The van der Waals surface area contributed by atoms with Crippen LogP contribution in [-0.4, -0.2) is 37.7 Å². The molecule has 0 spiro atoms. The molecular weight excluding hydrogens is 298 g/mol. The first-order chi connectivity index (χ1) is 11.0. The van der Waals surface area contributed by atoms with Crippen LogP contribution in [0.5, 0.6) is 11.5 Å². The van der Waals surface area contributed by atoms with E-state index in [0.29, 0.717) is 42.4 Å². The van der Waals surface area contributed by atoms with Crippen molar-refractivity contribution in [2.75, 3.05) is 20.8 Å². The van der Waals surface area contributed by atoms with E-state index in [2.05, 4.69) is 5.32 Å². The summed E-state index contributed by atoms with van der Waals surface area (Å²) in [5.74, 6) is 0.296. The molecule has 0 radical (unpaired) electrons. The van der Waals surface area contributed by atoms with Crippen molar-refractivity contribution in [1.29, 1.82) is 0 Å². The van der Waals surface area contributed by atoms with Gasteiger partial charge in [0.05, 0.1) is 25.7 Å². The third kappa shape index (κ3) is 4.37. The van der Waals surface area contributed by atoms with Gasteiger partial charge in [-0.25, -0.2) is 0 Å². The lowest BCUT2D eigenvalue weighted by molar-refractivity contribution is -0.143. The number of methoxy groups -OCH3 is 2. The van der Waals surface area contributed by atoms with Crippen LogP contribution in [0.1, 0.15) is 36.0 Å². The summed E-state index contributed by atoms with van der Waals surface area (Å²) in [7, 11) is 3.07. The summed E-state index contributed by atoms with van der Waals surface area (Å²) < 4.78 is 10.4. The minimum Gasteiger partial charge on any atom is -0.497 e. The summed E-state index contributed by atoms with van der Waals surface area (Å²) in [6, 6.07) is 5.07. The highest BCUT2D eigenvalue weighted by molar-refractivity contribution is 5.97. The average Bonchev–Trinajstić information content (AvgIpc) is 2.59. The molecule has 1 fully saturated rings. The lowest BCUT2D eigenvalue weighted by Crippen LogP contribution is -2.32. The van der Waals surface area contributed by atoms with Crippen molar-refractivity contribution >= 4 is 11.9 Å². The molecule has 0 atom stereocenters. The van der Waals surface area contributed by atoms with Gasteiger partial charge in [0.15, 0.2) is 0 Å². The highest BCUT2D eigenvalue weighted by Crippen LogP contribution is 2.29. The Balaban J connectivity index is 1.89. The van der Waals surface area contributed by atoms with Gasteiger partial charge in [-0.15, -0.1) is 0 Å². The molecule has 0 heterocycles. The Morgan fingerprint density at radius 1 is 1.17 bits per heavy atom. The lowest BCUT2D eigenvalue weighted by atomic mass is 9.82.